The van der Waals surface area contributed by atoms with E-state index in [4.69, 9.17) is 4.74 Å². The molecule has 0 saturated heterocycles. The summed E-state index contributed by atoms with van der Waals surface area (Å²) in [6.45, 7) is 3.21. The third kappa shape index (κ3) is 2.84. The Hall–Kier alpha value is -1.26. The minimum Gasteiger partial charge on any atom is -0.497 e. The van der Waals surface area contributed by atoms with Crippen LogP contribution in [-0.4, -0.2) is 29.8 Å². The Labute approximate surface area is 89.7 Å². The van der Waals surface area contributed by atoms with Gasteiger partial charge in [0.1, 0.15) is 18.2 Å². The largest absolute Gasteiger partial charge is 0.497 e. The van der Waals surface area contributed by atoms with Crippen molar-refractivity contribution in [1.29, 1.82) is 0 Å². The standard InChI is InChI=1S/C11H17NO3/c1-8(13)12(9(2)14)10-5-4-6-11(7-10)15-3/h4-9,13-14H,1-3H3. The molecule has 0 bridgehead atoms. The van der Waals surface area contributed by atoms with Gasteiger partial charge in [0.05, 0.1) is 7.11 Å². The second-order valence-corrected chi connectivity index (χ2v) is 3.37. The molecule has 0 aliphatic carbocycles. The number of anilines is 1. The maximum atomic E-state index is 9.52. The van der Waals surface area contributed by atoms with E-state index >= 15 is 0 Å². The molecular formula is C11H17NO3. The van der Waals surface area contributed by atoms with E-state index in [1.165, 1.54) is 4.90 Å². The molecule has 1 rings (SSSR count). The Kier molecular flexibility index (Phi) is 3.94. The molecule has 0 saturated carbocycles. The molecule has 0 aliphatic heterocycles. The maximum absolute atomic E-state index is 9.52. The summed E-state index contributed by atoms with van der Waals surface area (Å²) >= 11 is 0. The predicted octanol–water partition coefficient (Wildman–Crippen LogP) is 1.18. The summed E-state index contributed by atoms with van der Waals surface area (Å²) in [6.07, 6.45) is -1.51. The molecule has 2 atom stereocenters. The van der Waals surface area contributed by atoms with Crippen molar-refractivity contribution in [2.24, 2.45) is 0 Å². The Morgan fingerprint density at radius 2 is 1.80 bits per heavy atom. The summed E-state index contributed by atoms with van der Waals surface area (Å²) in [7, 11) is 1.58. The van der Waals surface area contributed by atoms with Crippen LogP contribution in [0.3, 0.4) is 0 Å². The smallest absolute Gasteiger partial charge is 0.126 e. The molecule has 4 nitrogen and oxygen atoms in total. The first-order valence-corrected chi connectivity index (χ1v) is 4.84. The van der Waals surface area contributed by atoms with Gasteiger partial charge in [-0.15, -0.1) is 0 Å². The van der Waals surface area contributed by atoms with Crippen molar-refractivity contribution in [3.05, 3.63) is 24.3 Å². The highest BCUT2D eigenvalue weighted by atomic mass is 16.5. The van der Waals surface area contributed by atoms with Crippen molar-refractivity contribution in [3.63, 3.8) is 0 Å². The van der Waals surface area contributed by atoms with Gasteiger partial charge in [-0.2, -0.15) is 0 Å². The fraction of sp³-hybridized carbons (Fsp3) is 0.455. The highest BCUT2D eigenvalue weighted by Gasteiger charge is 2.16. The zero-order chi connectivity index (χ0) is 11.4. The van der Waals surface area contributed by atoms with E-state index in [1.54, 1.807) is 27.0 Å². The van der Waals surface area contributed by atoms with Gasteiger partial charge in [-0.3, -0.25) is 0 Å². The first kappa shape index (κ1) is 11.8. The van der Waals surface area contributed by atoms with Gasteiger partial charge in [0.2, 0.25) is 0 Å². The molecule has 2 unspecified atom stereocenters. The van der Waals surface area contributed by atoms with Gasteiger partial charge in [0, 0.05) is 11.8 Å². The zero-order valence-corrected chi connectivity index (χ0v) is 9.21. The number of nitrogens with zero attached hydrogens (tertiary/aromatic N) is 1. The van der Waals surface area contributed by atoms with Crippen LogP contribution in [-0.2, 0) is 0 Å². The fourth-order valence-electron chi connectivity index (χ4n) is 1.51. The van der Waals surface area contributed by atoms with E-state index in [0.717, 1.165) is 5.69 Å². The second-order valence-electron chi connectivity index (χ2n) is 3.37. The first-order chi connectivity index (χ1) is 7.06. The van der Waals surface area contributed by atoms with E-state index in [1.807, 2.05) is 18.2 Å². The van der Waals surface area contributed by atoms with E-state index in [9.17, 15) is 10.2 Å². The van der Waals surface area contributed by atoms with Crippen LogP contribution >= 0.6 is 0 Å². The second kappa shape index (κ2) is 5.00. The first-order valence-electron chi connectivity index (χ1n) is 4.84. The number of methoxy groups -OCH3 is 1. The topological polar surface area (TPSA) is 52.9 Å². The third-order valence-corrected chi connectivity index (χ3v) is 2.16. The average molecular weight is 211 g/mol. The van der Waals surface area contributed by atoms with Crippen LogP contribution in [0.4, 0.5) is 5.69 Å². The lowest BCUT2D eigenvalue weighted by molar-refractivity contribution is 0.105. The van der Waals surface area contributed by atoms with E-state index < -0.39 is 12.5 Å². The molecule has 0 heterocycles. The summed E-state index contributed by atoms with van der Waals surface area (Å²) < 4.78 is 5.07. The van der Waals surface area contributed by atoms with Crippen molar-refractivity contribution in [3.8, 4) is 5.75 Å². The number of benzene rings is 1. The summed E-state index contributed by atoms with van der Waals surface area (Å²) in [5.41, 5.74) is 0.722. The van der Waals surface area contributed by atoms with Crippen LogP contribution in [0.2, 0.25) is 0 Å². The predicted molar refractivity (Wildman–Crippen MR) is 58.8 cm³/mol. The number of aliphatic hydroxyl groups is 2. The maximum Gasteiger partial charge on any atom is 0.126 e. The molecule has 0 aromatic heterocycles. The molecule has 1 aromatic carbocycles. The normalized spacial score (nSPS) is 14.5. The van der Waals surface area contributed by atoms with Gasteiger partial charge < -0.3 is 19.8 Å². The van der Waals surface area contributed by atoms with E-state index in [2.05, 4.69) is 0 Å². The summed E-state index contributed by atoms with van der Waals surface area (Å²) in [5.74, 6) is 0.693. The van der Waals surface area contributed by atoms with Gasteiger partial charge >= 0.3 is 0 Å². The number of ether oxygens (including phenoxy) is 1. The van der Waals surface area contributed by atoms with Crippen LogP contribution in [0.1, 0.15) is 13.8 Å². The lowest BCUT2D eigenvalue weighted by atomic mass is 10.2. The molecule has 0 spiro atoms. The van der Waals surface area contributed by atoms with Gasteiger partial charge in [-0.25, -0.2) is 0 Å². The third-order valence-electron chi connectivity index (χ3n) is 2.16. The van der Waals surface area contributed by atoms with E-state index in [-0.39, 0.29) is 0 Å². The van der Waals surface area contributed by atoms with Crippen molar-refractivity contribution >= 4 is 5.69 Å². The minimum absolute atomic E-state index is 0.693. The molecule has 0 aliphatic rings. The minimum atomic E-state index is -0.753. The van der Waals surface area contributed by atoms with Crippen molar-refractivity contribution < 1.29 is 14.9 Å². The Balaban J connectivity index is 3.00. The lowest BCUT2D eigenvalue weighted by Gasteiger charge is -2.30. The Morgan fingerprint density at radius 1 is 1.20 bits per heavy atom. The van der Waals surface area contributed by atoms with Crippen molar-refractivity contribution in [2.45, 2.75) is 26.3 Å². The van der Waals surface area contributed by atoms with Gasteiger partial charge in [0.15, 0.2) is 0 Å². The molecule has 2 N–H and O–H groups in total. The molecule has 0 amide bonds. The number of rotatable bonds is 4. The molecule has 84 valence electrons. The average Bonchev–Trinajstić information content (AvgIpc) is 2.17. The van der Waals surface area contributed by atoms with Crippen LogP contribution in [0.25, 0.3) is 0 Å². The van der Waals surface area contributed by atoms with Crippen LogP contribution < -0.4 is 9.64 Å². The number of aliphatic hydroxyl groups excluding tert-OH is 2. The van der Waals surface area contributed by atoms with Gasteiger partial charge in [0.25, 0.3) is 0 Å². The molecule has 4 heteroatoms. The number of hydrogen-bond acceptors (Lipinski definition) is 4. The molecule has 0 fully saturated rings. The molecular weight excluding hydrogens is 194 g/mol. The highest BCUT2D eigenvalue weighted by molar-refractivity contribution is 5.51. The summed E-state index contributed by atoms with van der Waals surface area (Å²) in [5, 5.41) is 19.0. The zero-order valence-electron chi connectivity index (χ0n) is 9.21. The van der Waals surface area contributed by atoms with Crippen molar-refractivity contribution in [2.75, 3.05) is 12.0 Å². The monoisotopic (exact) mass is 211 g/mol. The SMILES string of the molecule is COc1cccc(N(C(C)O)C(C)O)c1. The molecule has 1 aromatic rings. The molecule has 15 heavy (non-hydrogen) atoms. The van der Waals surface area contributed by atoms with Gasteiger partial charge in [-0.05, 0) is 26.0 Å². The van der Waals surface area contributed by atoms with E-state index in [0.29, 0.717) is 5.75 Å². The highest BCUT2D eigenvalue weighted by Crippen LogP contribution is 2.23. The summed E-state index contributed by atoms with van der Waals surface area (Å²) in [4.78, 5) is 1.49. The number of hydrogen-bond donors (Lipinski definition) is 2. The Morgan fingerprint density at radius 3 is 2.27 bits per heavy atom. The van der Waals surface area contributed by atoms with Gasteiger partial charge in [-0.1, -0.05) is 6.07 Å². The van der Waals surface area contributed by atoms with Crippen LogP contribution in [0.15, 0.2) is 24.3 Å². The fourth-order valence-corrected chi connectivity index (χ4v) is 1.51. The summed E-state index contributed by atoms with van der Waals surface area (Å²) in [6, 6.07) is 7.19. The Bertz CT molecular complexity index is 304. The lowest BCUT2D eigenvalue weighted by Crippen LogP contribution is -2.40. The molecule has 0 radical (unpaired) electrons. The van der Waals surface area contributed by atoms with Crippen molar-refractivity contribution in [1.82, 2.24) is 0 Å². The van der Waals surface area contributed by atoms with Crippen LogP contribution in [0.5, 0.6) is 5.75 Å². The van der Waals surface area contributed by atoms with Crippen LogP contribution in [0, 0.1) is 0 Å². The quantitative estimate of drug-likeness (QED) is 0.734.